The van der Waals surface area contributed by atoms with Gasteiger partial charge in [0, 0.05) is 0 Å². The molecule has 0 fully saturated rings. The smallest absolute Gasteiger partial charge is 0.279 e. The van der Waals surface area contributed by atoms with Crippen molar-refractivity contribution < 1.29 is 9.69 Å². The number of nitrogens with zero attached hydrogens (tertiary/aromatic N) is 4. The van der Waals surface area contributed by atoms with E-state index in [4.69, 9.17) is 23.8 Å². The van der Waals surface area contributed by atoms with Crippen molar-refractivity contribution in [2.24, 2.45) is 0 Å². The molecule has 1 aromatic heterocycles. The average molecular weight is 418 g/mol. The Hall–Kier alpha value is -2.55. The fourth-order valence-electron chi connectivity index (χ4n) is 3.00. The minimum Gasteiger partial charge on any atom is -0.320 e. The molecule has 0 saturated carbocycles. The van der Waals surface area contributed by atoms with Crippen LogP contribution in [0.2, 0.25) is 5.02 Å². The Kier molecular flexibility index (Phi) is 6.23. The topological polar surface area (TPSA) is 69.2 Å². The Balaban J connectivity index is 1.69. The van der Waals surface area contributed by atoms with Gasteiger partial charge in [-0.25, -0.2) is 0 Å². The summed E-state index contributed by atoms with van der Waals surface area (Å²) in [6, 6.07) is 13.2. The van der Waals surface area contributed by atoms with E-state index in [0.29, 0.717) is 22.1 Å². The molecular weight excluding hydrogens is 396 g/mol. The molecule has 1 unspecified atom stereocenters. The Morgan fingerprint density at radius 3 is 2.50 bits per heavy atom. The zero-order valence-electron chi connectivity index (χ0n) is 15.9. The van der Waals surface area contributed by atoms with Crippen molar-refractivity contribution in [1.82, 2.24) is 19.8 Å². The third kappa shape index (κ3) is 4.46. The summed E-state index contributed by atoms with van der Waals surface area (Å²) in [6.45, 7) is 4.68. The van der Waals surface area contributed by atoms with Crippen molar-refractivity contribution >= 4 is 35.4 Å². The number of para-hydroxylation sites is 2. The Morgan fingerprint density at radius 2 is 1.82 bits per heavy atom. The lowest BCUT2D eigenvalue weighted by molar-refractivity contribution is -0.895. The minimum atomic E-state index is -0.140. The van der Waals surface area contributed by atoms with Crippen molar-refractivity contribution in [3.05, 3.63) is 63.4 Å². The highest BCUT2D eigenvalue weighted by Crippen LogP contribution is 2.20. The standard InChI is InChI=1S/C19H21ClN6OS/c1-13-7-6-8-14(2)18(13)26-19(28)25(22-23-26)12-24(3)11-17(27)21-16-10-5-4-9-15(16)20/h4-10H,11-12H2,1-3H3,(H,21,27)/p+1. The second-order valence-corrected chi connectivity index (χ2v) is 7.51. The molecule has 2 aromatic carbocycles. The minimum absolute atomic E-state index is 0.140. The monoisotopic (exact) mass is 417 g/mol. The summed E-state index contributed by atoms with van der Waals surface area (Å²) in [5.41, 5.74) is 3.68. The number of quaternary nitrogens is 1. The second kappa shape index (κ2) is 8.64. The molecule has 3 aromatic rings. The second-order valence-electron chi connectivity index (χ2n) is 6.73. The Bertz CT molecular complexity index is 1040. The number of likely N-dealkylation sites (N-methyl/N-ethyl adjacent to an activating group) is 1. The predicted octanol–water partition coefficient (Wildman–Crippen LogP) is 2.18. The largest absolute Gasteiger partial charge is 0.320 e. The summed E-state index contributed by atoms with van der Waals surface area (Å²) in [6.07, 6.45) is 0. The quantitative estimate of drug-likeness (QED) is 0.603. The van der Waals surface area contributed by atoms with E-state index >= 15 is 0 Å². The lowest BCUT2D eigenvalue weighted by Crippen LogP contribution is -3.09. The van der Waals surface area contributed by atoms with Crippen LogP contribution in [0.1, 0.15) is 11.1 Å². The summed E-state index contributed by atoms with van der Waals surface area (Å²) in [5.74, 6) is -0.140. The van der Waals surface area contributed by atoms with Gasteiger partial charge in [0.2, 0.25) is 4.77 Å². The first-order valence-corrected chi connectivity index (χ1v) is 9.60. The van der Waals surface area contributed by atoms with Crippen molar-refractivity contribution in [2.75, 3.05) is 18.9 Å². The van der Waals surface area contributed by atoms with Gasteiger partial charge >= 0.3 is 0 Å². The van der Waals surface area contributed by atoms with Gasteiger partial charge < -0.3 is 10.2 Å². The maximum absolute atomic E-state index is 12.3. The number of hydrogen-bond acceptors (Lipinski definition) is 4. The molecule has 0 radical (unpaired) electrons. The highest BCUT2D eigenvalue weighted by atomic mass is 35.5. The van der Waals surface area contributed by atoms with Crippen LogP contribution in [0.25, 0.3) is 5.69 Å². The number of halogens is 1. The van der Waals surface area contributed by atoms with Crippen molar-refractivity contribution in [2.45, 2.75) is 20.5 Å². The molecule has 7 nitrogen and oxygen atoms in total. The summed E-state index contributed by atoms with van der Waals surface area (Å²) >= 11 is 11.6. The van der Waals surface area contributed by atoms with Crippen LogP contribution >= 0.6 is 23.8 Å². The number of carbonyl (C=O) groups is 1. The summed E-state index contributed by atoms with van der Waals surface area (Å²) < 4.78 is 3.78. The normalized spacial score (nSPS) is 12.0. The van der Waals surface area contributed by atoms with E-state index in [0.717, 1.165) is 21.7 Å². The van der Waals surface area contributed by atoms with E-state index in [1.807, 2.05) is 51.2 Å². The van der Waals surface area contributed by atoms with Crippen molar-refractivity contribution in [3.63, 3.8) is 0 Å². The van der Waals surface area contributed by atoms with Crippen LogP contribution in [-0.4, -0.2) is 39.3 Å². The van der Waals surface area contributed by atoms with Crippen LogP contribution in [0, 0.1) is 18.6 Å². The number of anilines is 1. The third-order valence-corrected chi connectivity index (χ3v) is 5.03. The molecule has 0 aliphatic rings. The van der Waals surface area contributed by atoms with Crippen LogP contribution in [0.5, 0.6) is 0 Å². The number of aryl methyl sites for hydroxylation is 2. The molecule has 28 heavy (non-hydrogen) atoms. The van der Waals surface area contributed by atoms with E-state index in [1.165, 1.54) is 0 Å². The van der Waals surface area contributed by atoms with Gasteiger partial charge in [-0.3, -0.25) is 4.79 Å². The maximum atomic E-state index is 12.3. The van der Waals surface area contributed by atoms with Crippen LogP contribution in [-0.2, 0) is 11.5 Å². The van der Waals surface area contributed by atoms with Crippen molar-refractivity contribution in [1.29, 1.82) is 0 Å². The molecule has 0 spiro atoms. The highest BCUT2D eigenvalue weighted by molar-refractivity contribution is 7.71. The van der Waals surface area contributed by atoms with E-state index in [-0.39, 0.29) is 12.5 Å². The first-order valence-electron chi connectivity index (χ1n) is 8.82. The van der Waals surface area contributed by atoms with E-state index < -0.39 is 0 Å². The van der Waals surface area contributed by atoms with Gasteiger partial charge in [-0.05, 0) is 59.8 Å². The van der Waals surface area contributed by atoms with Gasteiger partial charge in [0.1, 0.15) is 0 Å². The van der Waals surface area contributed by atoms with E-state index in [1.54, 1.807) is 21.5 Å². The maximum Gasteiger partial charge on any atom is 0.279 e. The molecule has 0 bridgehead atoms. The molecule has 9 heteroatoms. The molecule has 0 aliphatic heterocycles. The molecule has 0 aliphatic carbocycles. The van der Waals surface area contributed by atoms with Crippen LogP contribution in [0.4, 0.5) is 5.69 Å². The molecule has 2 N–H and O–H groups in total. The Labute approximate surface area is 173 Å². The number of rotatable bonds is 6. The summed E-state index contributed by atoms with van der Waals surface area (Å²) in [5, 5.41) is 11.7. The highest BCUT2D eigenvalue weighted by Gasteiger charge is 2.16. The number of nitrogens with one attached hydrogen (secondary N) is 2. The molecule has 1 heterocycles. The van der Waals surface area contributed by atoms with Gasteiger partial charge in [-0.15, -0.1) is 0 Å². The average Bonchev–Trinajstić information content (AvgIpc) is 2.97. The van der Waals surface area contributed by atoms with Crippen molar-refractivity contribution in [3.8, 4) is 5.69 Å². The van der Waals surface area contributed by atoms with Crippen LogP contribution in [0.3, 0.4) is 0 Å². The fraction of sp³-hybridized carbons (Fsp3) is 0.263. The van der Waals surface area contributed by atoms with Crippen LogP contribution in [0.15, 0.2) is 42.5 Å². The first-order chi connectivity index (χ1) is 13.4. The lowest BCUT2D eigenvalue weighted by Gasteiger charge is -2.14. The third-order valence-electron chi connectivity index (χ3n) is 4.32. The molecular formula is C19H22ClN6OS+. The van der Waals surface area contributed by atoms with Gasteiger partial charge in [-0.1, -0.05) is 41.9 Å². The number of hydrogen-bond donors (Lipinski definition) is 2. The number of benzene rings is 2. The lowest BCUT2D eigenvalue weighted by atomic mass is 10.1. The molecule has 3 rings (SSSR count). The molecule has 146 valence electrons. The van der Waals surface area contributed by atoms with E-state index in [9.17, 15) is 4.79 Å². The molecule has 1 amide bonds. The number of amides is 1. The predicted molar refractivity (Wildman–Crippen MR) is 111 cm³/mol. The number of carbonyl (C=O) groups excluding carboxylic acids is 1. The number of tetrazole rings is 1. The number of aromatic nitrogens is 4. The SMILES string of the molecule is Cc1cccc(C)c1-n1nnn(C[NH+](C)CC(=O)Nc2ccccc2Cl)c1=S. The Morgan fingerprint density at radius 1 is 1.14 bits per heavy atom. The van der Waals surface area contributed by atoms with E-state index in [2.05, 4.69) is 15.7 Å². The molecule has 1 atom stereocenters. The van der Waals surface area contributed by atoms with Gasteiger partial charge in [0.15, 0.2) is 13.2 Å². The van der Waals surface area contributed by atoms with Gasteiger partial charge in [0.05, 0.1) is 23.4 Å². The molecule has 0 saturated heterocycles. The summed E-state index contributed by atoms with van der Waals surface area (Å²) in [7, 11) is 1.89. The zero-order chi connectivity index (χ0) is 20.3. The fourth-order valence-corrected chi connectivity index (χ4v) is 3.41. The summed E-state index contributed by atoms with van der Waals surface area (Å²) in [4.78, 5) is 13.2. The van der Waals surface area contributed by atoms with Crippen LogP contribution < -0.4 is 10.2 Å². The zero-order valence-corrected chi connectivity index (χ0v) is 17.5. The van der Waals surface area contributed by atoms with Gasteiger partial charge in [0.25, 0.3) is 5.91 Å². The first kappa shape index (κ1) is 20.2. The van der Waals surface area contributed by atoms with Gasteiger partial charge in [-0.2, -0.15) is 9.36 Å².